The molecule has 6 unspecified atom stereocenters. The average Bonchev–Trinajstić information content (AvgIpc) is 3.41. The monoisotopic (exact) mass is 679 g/mol. The van der Waals surface area contributed by atoms with Crippen LogP contribution in [0.15, 0.2) is 121 Å². The van der Waals surface area contributed by atoms with E-state index in [1.54, 1.807) is 48.5 Å². The maximum absolute atomic E-state index is 15.1. The van der Waals surface area contributed by atoms with Crippen molar-refractivity contribution in [3.8, 4) is 11.5 Å². The molecule has 51 heavy (non-hydrogen) atoms. The van der Waals surface area contributed by atoms with Gasteiger partial charge in [-0.25, -0.2) is 0 Å². The Morgan fingerprint density at radius 3 is 2.24 bits per heavy atom. The number of ether oxygens (including phenoxy) is 1. The van der Waals surface area contributed by atoms with Crippen molar-refractivity contribution in [2.75, 3.05) is 12.0 Å². The lowest BCUT2D eigenvalue weighted by Gasteiger charge is -2.55. The SMILES string of the molecule is COc1ccc(C2C3=CCC4C(=O)N(c5cccc(B(O)O)c5)C(=O)C4C3CC3C(=O)C(c4ccccc4)=CC(=O)C32c2ccccc2)c(O)c1. The van der Waals surface area contributed by atoms with Crippen LogP contribution in [-0.4, -0.2) is 52.8 Å². The first kappa shape index (κ1) is 32.6. The molecule has 0 aromatic heterocycles. The van der Waals surface area contributed by atoms with Gasteiger partial charge in [0.2, 0.25) is 11.8 Å². The zero-order valence-electron chi connectivity index (χ0n) is 27.7. The van der Waals surface area contributed by atoms with Crippen molar-refractivity contribution in [3.05, 3.63) is 138 Å². The number of fused-ring (bicyclic) bond motifs is 4. The van der Waals surface area contributed by atoms with E-state index in [9.17, 15) is 24.7 Å². The Labute approximate surface area is 294 Å². The van der Waals surface area contributed by atoms with Crippen molar-refractivity contribution >= 4 is 47.2 Å². The fourth-order valence-electron chi connectivity index (χ4n) is 9.19. The number of ketones is 2. The molecule has 4 aliphatic rings. The highest BCUT2D eigenvalue weighted by Crippen LogP contribution is 2.64. The molecule has 2 amide bonds. The largest absolute Gasteiger partial charge is 0.508 e. The van der Waals surface area contributed by atoms with Crippen molar-refractivity contribution in [2.45, 2.75) is 24.2 Å². The molecule has 4 aromatic rings. The van der Waals surface area contributed by atoms with Crippen LogP contribution in [0.4, 0.5) is 5.69 Å². The fraction of sp³-hybridized carbons (Fsp3) is 0.220. The first-order valence-corrected chi connectivity index (χ1v) is 17.0. The lowest BCUT2D eigenvalue weighted by molar-refractivity contribution is -0.135. The minimum atomic E-state index is -1.79. The highest BCUT2D eigenvalue weighted by Gasteiger charge is 2.66. The molecule has 1 saturated carbocycles. The summed E-state index contributed by atoms with van der Waals surface area (Å²) in [4.78, 5) is 59.8. The van der Waals surface area contributed by atoms with E-state index in [0.717, 1.165) is 10.5 Å². The normalized spacial score (nSPS) is 26.9. The van der Waals surface area contributed by atoms with Gasteiger partial charge >= 0.3 is 7.12 Å². The van der Waals surface area contributed by atoms with Gasteiger partial charge in [-0.1, -0.05) is 90.5 Å². The molecule has 6 atom stereocenters. The maximum Gasteiger partial charge on any atom is 0.488 e. The summed E-state index contributed by atoms with van der Waals surface area (Å²) in [6.07, 6.45) is 3.69. The quantitative estimate of drug-likeness (QED) is 0.157. The molecule has 254 valence electrons. The van der Waals surface area contributed by atoms with Gasteiger partial charge in [0.15, 0.2) is 11.6 Å². The van der Waals surface area contributed by atoms with Gasteiger partial charge in [-0.2, -0.15) is 0 Å². The molecule has 1 aliphatic heterocycles. The maximum atomic E-state index is 15.1. The predicted molar refractivity (Wildman–Crippen MR) is 190 cm³/mol. The summed E-state index contributed by atoms with van der Waals surface area (Å²) < 4.78 is 5.40. The highest BCUT2D eigenvalue weighted by atomic mass is 16.5. The number of methoxy groups -OCH3 is 1. The Hall–Kier alpha value is -5.58. The number of aromatic hydroxyl groups is 1. The Kier molecular flexibility index (Phi) is 7.89. The molecule has 0 spiro atoms. The topological polar surface area (TPSA) is 141 Å². The molecule has 4 aromatic carbocycles. The van der Waals surface area contributed by atoms with Crippen molar-refractivity contribution in [1.29, 1.82) is 0 Å². The second kappa shape index (κ2) is 12.3. The summed E-state index contributed by atoms with van der Waals surface area (Å²) in [5.41, 5.74) is 1.52. The molecule has 1 saturated heterocycles. The predicted octanol–water partition coefficient (Wildman–Crippen LogP) is 4.11. The summed E-state index contributed by atoms with van der Waals surface area (Å²) in [6, 6.07) is 29.1. The van der Waals surface area contributed by atoms with Crippen molar-refractivity contribution < 1.29 is 39.1 Å². The van der Waals surface area contributed by atoms with E-state index in [4.69, 9.17) is 4.74 Å². The van der Waals surface area contributed by atoms with E-state index < -0.39 is 53.9 Å². The lowest BCUT2D eigenvalue weighted by atomic mass is 9.44. The number of Topliss-reactive ketones (excluding diaryl/α,β-unsaturated/α-hetero) is 1. The second-order valence-electron chi connectivity index (χ2n) is 13.7. The van der Waals surface area contributed by atoms with Crippen LogP contribution in [0.5, 0.6) is 11.5 Å². The van der Waals surface area contributed by atoms with Gasteiger partial charge in [0.25, 0.3) is 0 Å². The Balaban J connectivity index is 1.35. The molecule has 0 radical (unpaired) electrons. The molecule has 3 aliphatic carbocycles. The number of anilines is 1. The van der Waals surface area contributed by atoms with Crippen LogP contribution in [-0.2, 0) is 24.6 Å². The molecular weight excluding hydrogens is 645 g/mol. The number of carbonyl (C=O) groups is 4. The molecule has 3 N–H and O–H groups in total. The van der Waals surface area contributed by atoms with Gasteiger partial charge in [0.1, 0.15) is 11.5 Å². The molecule has 8 rings (SSSR count). The summed E-state index contributed by atoms with van der Waals surface area (Å²) in [7, 11) is -0.307. The van der Waals surface area contributed by atoms with Gasteiger partial charge in [-0.15, -0.1) is 0 Å². The molecular formula is C41H34BNO8. The highest BCUT2D eigenvalue weighted by molar-refractivity contribution is 6.58. The average molecular weight is 680 g/mol. The van der Waals surface area contributed by atoms with Crippen molar-refractivity contribution in [3.63, 3.8) is 0 Å². The van der Waals surface area contributed by atoms with E-state index in [1.807, 2.05) is 42.5 Å². The van der Waals surface area contributed by atoms with Crippen LogP contribution in [0.25, 0.3) is 5.57 Å². The molecule has 0 bridgehead atoms. The minimum Gasteiger partial charge on any atom is -0.508 e. The van der Waals surface area contributed by atoms with Gasteiger partial charge in [0, 0.05) is 29.0 Å². The number of hydrogen-bond acceptors (Lipinski definition) is 8. The zero-order chi connectivity index (χ0) is 35.6. The first-order chi connectivity index (χ1) is 24.7. The van der Waals surface area contributed by atoms with E-state index >= 15 is 9.59 Å². The minimum absolute atomic E-state index is 0.117. The number of allylic oxidation sites excluding steroid dienone is 4. The molecule has 1 heterocycles. The van der Waals surface area contributed by atoms with E-state index in [1.165, 1.54) is 31.4 Å². The number of nitrogens with zero attached hydrogens (tertiary/aromatic N) is 1. The van der Waals surface area contributed by atoms with Crippen LogP contribution in [0.2, 0.25) is 0 Å². The summed E-state index contributed by atoms with van der Waals surface area (Å²) in [5.74, 6) is -5.15. The standard InChI is InChI=1S/C41H34BNO8/c1-51-27-15-16-29(34(44)20-27)37-28-17-18-30-36(40(48)43(39(30)47)26-14-8-13-25(19-26)42(49)50)32(28)21-33-38(46)31(23-9-4-2-5-10-23)22-35(45)41(33,37)24-11-6-3-7-12-24/h2-17,19-20,22,30,32-33,36-37,44,49-50H,18,21H2,1H3. The Morgan fingerprint density at radius 1 is 0.824 bits per heavy atom. The molecule has 9 nitrogen and oxygen atoms in total. The second-order valence-corrected chi connectivity index (χ2v) is 13.7. The van der Waals surface area contributed by atoms with E-state index in [2.05, 4.69) is 0 Å². The van der Waals surface area contributed by atoms with Gasteiger partial charge in [-0.05, 0) is 59.6 Å². The fourth-order valence-corrected chi connectivity index (χ4v) is 9.19. The van der Waals surface area contributed by atoms with Crippen molar-refractivity contribution in [1.82, 2.24) is 0 Å². The number of imide groups is 1. The van der Waals surface area contributed by atoms with Gasteiger partial charge in [-0.3, -0.25) is 24.1 Å². The number of phenols is 1. The summed E-state index contributed by atoms with van der Waals surface area (Å²) in [6.45, 7) is 0. The lowest BCUT2D eigenvalue weighted by Crippen LogP contribution is -2.58. The number of amides is 2. The third kappa shape index (κ3) is 4.85. The number of benzene rings is 4. The van der Waals surface area contributed by atoms with Gasteiger partial charge < -0.3 is 19.9 Å². The molecule has 2 fully saturated rings. The smallest absolute Gasteiger partial charge is 0.488 e. The first-order valence-electron chi connectivity index (χ1n) is 17.0. The number of rotatable bonds is 6. The number of carbonyl (C=O) groups excluding carboxylic acids is 4. The summed E-state index contributed by atoms with van der Waals surface area (Å²) >= 11 is 0. The summed E-state index contributed by atoms with van der Waals surface area (Å²) in [5, 5.41) is 31.3. The number of hydrogen-bond donors (Lipinski definition) is 3. The Morgan fingerprint density at radius 2 is 1.55 bits per heavy atom. The van der Waals surface area contributed by atoms with Crippen molar-refractivity contribution in [2.24, 2.45) is 23.7 Å². The zero-order valence-corrected chi connectivity index (χ0v) is 27.7. The van der Waals surface area contributed by atoms with Crippen LogP contribution in [0.1, 0.15) is 35.4 Å². The number of phenolic OH excluding ortho intramolecular Hbond substituents is 1. The molecule has 10 heteroatoms. The van der Waals surface area contributed by atoms with Crippen LogP contribution in [0.3, 0.4) is 0 Å². The van der Waals surface area contributed by atoms with E-state index in [-0.39, 0.29) is 46.9 Å². The third-order valence-corrected chi connectivity index (χ3v) is 11.4. The van der Waals surface area contributed by atoms with Crippen LogP contribution in [0, 0.1) is 23.7 Å². The van der Waals surface area contributed by atoms with Crippen LogP contribution >= 0.6 is 0 Å². The van der Waals surface area contributed by atoms with Crippen LogP contribution < -0.4 is 15.1 Å². The third-order valence-electron chi connectivity index (χ3n) is 11.4. The van der Waals surface area contributed by atoms with E-state index in [0.29, 0.717) is 22.4 Å². The van der Waals surface area contributed by atoms with Gasteiger partial charge in [0.05, 0.1) is 30.0 Å². The Bertz CT molecular complexity index is 2160.